The average molecular weight is 241 g/mol. The lowest BCUT2D eigenvalue weighted by Crippen LogP contribution is -2.15. The molecular formula is C11H16FN3S. The van der Waals surface area contributed by atoms with Gasteiger partial charge in [-0.05, 0) is 32.4 Å². The summed E-state index contributed by atoms with van der Waals surface area (Å²) in [5.41, 5.74) is 1.25. The minimum Gasteiger partial charge on any atom is -0.367 e. The van der Waals surface area contributed by atoms with Crippen LogP contribution in [0.3, 0.4) is 0 Å². The monoisotopic (exact) mass is 241 g/mol. The summed E-state index contributed by atoms with van der Waals surface area (Å²) in [6.45, 7) is 5.88. The van der Waals surface area contributed by atoms with Crippen LogP contribution in [0.2, 0.25) is 0 Å². The Morgan fingerprint density at radius 3 is 2.75 bits per heavy atom. The zero-order valence-corrected chi connectivity index (χ0v) is 10.5. The molecule has 1 aromatic heterocycles. The smallest absolute Gasteiger partial charge is 0.136 e. The van der Waals surface area contributed by atoms with E-state index in [1.54, 1.807) is 12.1 Å². The molecule has 0 spiro atoms. The molecule has 0 aromatic carbocycles. The van der Waals surface area contributed by atoms with E-state index in [0.717, 1.165) is 5.56 Å². The lowest BCUT2D eigenvalue weighted by molar-refractivity contribution is 0.874. The Labute approximate surface area is 99.7 Å². The molecular weight excluding hydrogens is 225 g/mol. The molecule has 2 N–H and O–H groups in total. The van der Waals surface area contributed by atoms with Crippen LogP contribution in [-0.2, 0) is 0 Å². The van der Waals surface area contributed by atoms with Gasteiger partial charge in [-0.3, -0.25) is 0 Å². The number of hydrogen-bond acceptors (Lipinski definition) is 4. The summed E-state index contributed by atoms with van der Waals surface area (Å²) in [6.07, 6.45) is 0.635. The molecule has 0 saturated carbocycles. The van der Waals surface area contributed by atoms with E-state index in [-0.39, 0.29) is 18.2 Å². The van der Waals surface area contributed by atoms with Gasteiger partial charge in [-0.2, -0.15) is 3.89 Å². The molecule has 16 heavy (non-hydrogen) atoms. The van der Waals surface area contributed by atoms with Crippen LogP contribution in [0.15, 0.2) is 17.2 Å². The lowest BCUT2D eigenvalue weighted by atomic mass is 10.1. The highest BCUT2D eigenvalue weighted by molar-refractivity contribution is 7.94. The molecule has 0 unspecified atom stereocenters. The Balaban J connectivity index is 3.10. The maximum absolute atomic E-state index is 12.4. The number of halogens is 1. The number of rotatable bonds is 5. The summed E-state index contributed by atoms with van der Waals surface area (Å²) in [6, 6.07) is 3.54. The number of hydrogen-bond donors (Lipinski definition) is 2. The predicted octanol–water partition coefficient (Wildman–Crippen LogP) is 3.66. The van der Waals surface area contributed by atoms with E-state index in [1.807, 2.05) is 20.8 Å². The van der Waals surface area contributed by atoms with E-state index in [1.165, 1.54) is 0 Å². The summed E-state index contributed by atoms with van der Waals surface area (Å²) >= 11 is 0.116. The molecule has 0 aliphatic heterocycles. The van der Waals surface area contributed by atoms with Crippen LogP contribution >= 0.6 is 12.1 Å². The van der Waals surface area contributed by atoms with Crippen molar-refractivity contribution in [2.45, 2.75) is 38.3 Å². The fourth-order valence-corrected chi connectivity index (χ4v) is 1.55. The summed E-state index contributed by atoms with van der Waals surface area (Å²) in [5, 5.41) is 11.3. The fraction of sp³-hybridized carbons (Fsp3) is 0.455. The van der Waals surface area contributed by atoms with Crippen molar-refractivity contribution < 1.29 is 3.89 Å². The summed E-state index contributed by atoms with van der Waals surface area (Å²) < 4.78 is 12.4. The maximum Gasteiger partial charge on any atom is 0.136 e. The number of aromatic nitrogens is 1. The summed E-state index contributed by atoms with van der Waals surface area (Å²) in [4.78, 5) is 4.14. The molecule has 0 saturated heterocycles. The average Bonchev–Trinajstić information content (AvgIpc) is 2.27. The second kappa shape index (κ2) is 5.84. The molecule has 88 valence electrons. The van der Waals surface area contributed by atoms with Gasteiger partial charge in [0.15, 0.2) is 0 Å². The van der Waals surface area contributed by atoms with Crippen LogP contribution in [-0.4, -0.2) is 16.7 Å². The molecule has 1 rings (SSSR count). The predicted molar refractivity (Wildman–Crippen MR) is 67.1 cm³/mol. The molecule has 1 heterocycles. The highest BCUT2D eigenvalue weighted by Crippen LogP contribution is 2.22. The second-order valence-electron chi connectivity index (χ2n) is 3.75. The molecule has 1 aromatic rings. The minimum atomic E-state index is 0.116. The van der Waals surface area contributed by atoms with Crippen LogP contribution in [0.4, 0.5) is 9.70 Å². The van der Waals surface area contributed by atoms with Gasteiger partial charge in [-0.1, -0.05) is 6.92 Å². The first kappa shape index (κ1) is 13.0. The van der Waals surface area contributed by atoms with Crippen molar-refractivity contribution in [3.63, 3.8) is 0 Å². The van der Waals surface area contributed by atoms with Gasteiger partial charge in [0.1, 0.15) is 23.0 Å². The van der Waals surface area contributed by atoms with Crippen molar-refractivity contribution in [2.24, 2.45) is 0 Å². The normalized spacial score (nSPS) is 10.6. The summed E-state index contributed by atoms with van der Waals surface area (Å²) in [7, 11) is 0. The van der Waals surface area contributed by atoms with Gasteiger partial charge in [0.05, 0.1) is 0 Å². The number of anilines is 1. The fourth-order valence-electron chi connectivity index (χ4n) is 1.30. The quantitative estimate of drug-likeness (QED) is 0.773. The van der Waals surface area contributed by atoms with E-state index in [9.17, 15) is 3.89 Å². The van der Waals surface area contributed by atoms with Crippen molar-refractivity contribution >= 4 is 23.7 Å². The van der Waals surface area contributed by atoms with E-state index in [4.69, 9.17) is 5.41 Å². The third kappa shape index (κ3) is 3.20. The van der Waals surface area contributed by atoms with E-state index in [2.05, 4.69) is 10.3 Å². The Morgan fingerprint density at radius 2 is 2.25 bits per heavy atom. The van der Waals surface area contributed by atoms with Crippen LogP contribution < -0.4 is 5.32 Å². The van der Waals surface area contributed by atoms with E-state index >= 15 is 0 Å². The van der Waals surface area contributed by atoms with Crippen LogP contribution in [0.1, 0.15) is 32.8 Å². The molecule has 0 aliphatic carbocycles. The molecule has 0 bridgehead atoms. The van der Waals surface area contributed by atoms with Gasteiger partial charge in [0.2, 0.25) is 0 Å². The van der Waals surface area contributed by atoms with Crippen molar-refractivity contribution in [1.29, 1.82) is 5.41 Å². The van der Waals surface area contributed by atoms with E-state index in [0.29, 0.717) is 23.0 Å². The topological polar surface area (TPSA) is 48.8 Å². The summed E-state index contributed by atoms with van der Waals surface area (Å²) in [5.74, 6) is 0.588. The van der Waals surface area contributed by atoms with Crippen molar-refractivity contribution in [2.75, 3.05) is 5.32 Å². The van der Waals surface area contributed by atoms with Gasteiger partial charge in [0, 0.05) is 17.3 Å². The van der Waals surface area contributed by atoms with Gasteiger partial charge in [-0.15, -0.1) is 0 Å². The van der Waals surface area contributed by atoms with Crippen molar-refractivity contribution in [3.05, 3.63) is 17.7 Å². The largest absolute Gasteiger partial charge is 0.367 e. The third-order valence-corrected chi connectivity index (χ3v) is 2.44. The Hall–Kier alpha value is -1.10. The van der Waals surface area contributed by atoms with Crippen molar-refractivity contribution in [1.82, 2.24) is 4.98 Å². The number of pyridine rings is 1. The Morgan fingerprint density at radius 1 is 1.56 bits per heavy atom. The molecule has 0 fully saturated rings. The third-order valence-electron chi connectivity index (χ3n) is 2.05. The van der Waals surface area contributed by atoms with Crippen molar-refractivity contribution in [3.8, 4) is 0 Å². The lowest BCUT2D eigenvalue weighted by Gasteiger charge is -2.14. The van der Waals surface area contributed by atoms with Crippen LogP contribution in [0.25, 0.3) is 0 Å². The van der Waals surface area contributed by atoms with Crippen LogP contribution in [0, 0.1) is 5.41 Å². The van der Waals surface area contributed by atoms with Gasteiger partial charge < -0.3 is 10.7 Å². The maximum atomic E-state index is 12.4. The molecule has 0 atom stereocenters. The van der Waals surface area contributed by atoms with Gasteiger partial charge >= 0.3 is 0 Å². The highest BCUT2D eigenvalue weighted by atomic mass is 32.2. The zero-order valence-electron chi connectivity index (χ0n) is 9.67. The second-order valence-corrected chi connectivity index (χ2v) is 4.33. The number of nitrogens with one attached hydrogen (secondary N) is 2. The number of nitrogens with zero attached hydrogens (tertiary/aromatic N) is 1. The molecule has 0 amide bonds. The standard InChI is InChI=1S/C11H16FN3S/c1-4-9(13)8-5-6-10(16-12)15-11(8)14-7(2)3/h5-7,13H,4H2,1-3H3,(H,14,15). The first-order chi connectivity index (χ1) is 7.58. The first-order valence-electron chi connectivity index (χ1n) is 5.22. The van der Waals surface area contributed by atoms with E-state index < -0.39 is 0 Å². The van der Waals surface area contributed by atoms with Gasteiger partial charge in [-0.25, -0.2) is 4.98 Å². The Bertz CT molecular complexity index is 379. The van der Waals surface area contributed by atoms with Gasteiger partial charge in [0.25, 0.3) is 0 Å². The molecule has 0 radical (unpaired) electrons. The van der Waals surface area contributed by atoms with Crippen LogP contribution in [0.5, 0.6) is 0 Å². The molecule has 0 aliphatic rings. The minimum absolute atomic E-state index is 0.116. The molecule has 5 heteroatoms. The molecule has 3 nitrogen and oxygen atoms in total. The SMILES string of the molecule is CCC(=N)c1ccc(SF)nc1NC(C)C. The Kier molecular flexibility index (Phi) is 4.73. The first-order valence-corrected chi connectivity index (χ1v) is 5.94. The highest BCUT2D eigenvalue weighted by Gasteiger charge is 2.10. The zero-order chi connectivity index (χ0) is 12.1.